The zero-order valence-corrected chi connectivity index (χ0v) is 13.4. The van der Waals surface area contributed by atoms with Gasteiger partial charge in [0.25, 0.3) is 0 Å². The molecule has 1 N–H and O–H groups in total. The Morgan fingerprint density at radius 3 is 2.71 bits per heavy atom. The highest BCUT2D eigenvalue weighted by molar-refractivity contribution is 5.85. The second-order valence-electron chi connectivity index (χ2n) is 5.37. The van der Waals surface area contributed by atoms with Crippen LogP contribution in [0.25, 0.3) is 0 Å². The van der Waals surface area contributed by atoms with Crippen LogP contribution >= 0.6 is 12.4 Å². The van der Waals surface area contributed by atoms with Gasteiger partial charge in [0.05, 0.1) is 6.54 Å². The van der Waals surface area contributed by atoms with Crippen LogP contribution < -0.4 is 5.32 Å². The number of hydrogen-bond donors (Lipinski definition) is 1. The van der Waals surface area contributed by atoms with Gasteiger partial charge in [-0.3, -0.25) is 9.69 Å². The average Bonchev–Trinajstić information content (AvgIpc) is 2.43. The van der Waals surface area contributed by atoms with Crippen molar-refractivity contribution >= 4 is 18.3 Å². The topological polar surface area (TPSA) is 35.6 Å². The molecule has 118 valence electrons. The van der Waals surface area contributed by atoms with Gasteiger partial charge in [0.1, 0.15) is 5.82 Å². The Bertz CT molecular complexity index is 478. The molecule has 0 aromatic heterocycles. The molecule has 0 bridgehead atoms. The minimum Gasteiger partial charge on any atom is -0.339 e. The molecule has 21 heavy (non-hydrogen) atoms. The summed E-state index contributed by atoms with van der Waals surface area (Å²) in [5.74, 6) is -0.0875. The minimum absolute atomic E-state index is 0. The van der Waals surface area contributed by atoms with Crippen LogP contribution in [0.5, 0.6) is 0 Å². The number of carbonyl (C=O) groups excluding carboxylic acids is 1. The Kier molecular flexibility index (Phi) is 7.08. The number of carbonyl (C=O) groups is 1. The number of nitrogens with zero attached hydrogens (tertiary/aromatic N) is 2. The van der Waals surface area contributed by atoms with Crippen LogP contribution in [-0.2, 0) is 11.3 Å². The van der Waals surface area contributed by atoms with E-state index in [4.69, 9.17) is 0 Å². The van der Waals surface area contributed by atoms with Gasteiger partial charge in [-0.05, 0) is 37.2 Å². The smallest absolute Gasteiger partial charge is 0.236 e. The van der Waals surface area contributed by atoms with Crippen LogP contribution in [-0.4, -0.2) is 55.5 Å². The number of hydrogen-bond acceptors (Lipinski definition) is 3. The molecule has 1 fully saturated rings. The van der Waals surface area contributed by atoms with Crippen LogP contribution in [0.2, 0.25) is 0 Å². The van der Waals surface area contributed by atoms with E-state index in [9.17, 15) is 9.18 Å². The molecular weight excluding hydrogens is 293 g/mol. The summed E-state index contributed by atoms with van der Waals surface area (Å²) >= 11 is 0. The zero-order chi connectivity index (χ0) is 14.5. The minimum atomic E-state index is -0.229. The van der Waals surface area contributed by atoms with Gasteiger partial charge in [-0.1, -0.05) is 6.07 Å². The first-order valence-corrected chi connectivity index (χ1v) is 6.98. The molecule has 1 aromatic carbocycles. The lowest BCUT2D eigenvalue weighted by atomic mass is 10.1. The van der Waals surface area contributed by atoms with Gasteiger partial charge in [-0.2, -0.15) is 0 Å². The second kappa shape index (κ2) is 8.32. The zero-order valence-electron chi connectivity index (χ0n) is 12.6. The number of likely N-dealkylation sites (N-methyl/N-ethyl adjacent to an activating group) is 1. The van der Waals surface area contributed by atoms with Gasteiger partial charge in [0.2, 0.25) is 5.91 Å². The second-order valence-corrected chi connectivity index (χ2v) is 5.37. The standard InChI is InChI=1S/C15H22FN3O.ClH/c1-12-3-4-14(16)9-13(12)10-18(2)11-15(20)19-7-5-17-6-8-19;/h3-4,9,17H,5-8,10-11H2,1-2H3;1H. The first-order valence-electron chi connectivity index (χ1n) is 6.98. The maximum atomic E-state index is 13.3. The highest BCUT2D eigenvalue weighted by Crippen LogP contribution is 2.12. The summed E-state index contributed by atoms with van der Waals surface area (Å²) in [7, 11) is 1.89. The van der Waals surface area contributed by atoms with Crippen LogP contribution in [0.15, 0.2) is 18.2 Å². The van der Waals surface area contributed by atoms with Crippen molar-refractivity contribution in [3.8, 4) is 0 Å². The summed E-state index contributed by atoms with van der Waals surface area (Å²) in [5, 5.41) is 3.23. The third kappa shape index (κ3) is 5.26. The first kappa shape index (κ1) is 17.9. The van der Waals surface area contributed by atoms with E-state index in [0.717, 1.165) is 37.3 Å². The van der Waals surface area contributed by atoms with Crippen molar-refractivity contribution in [3.05, 3.63) is 35.1 Å². The quantitative estimate of drug-likeness (QED) is 0.913. The van der Waals surface area contributed by atoms with Gasteiger partial charge in [-0.25, -0.2) is 4.39 Å². The molecule has 0 atom stereocenters. The molecule has 0 radical (unpaired) electrons. The van der Waals surface area contributed by atoms with Gasteiger partial charge in [0, 0.05) is 32.7 Å². The van der Waals surface area contributed by atoms with Crippen molar-refractivity contribution in [3.63, 3.8) is 0 Å². The largest absolute Gasteiger partial charge is 0.339 e. The molecule has 4 nitrogen and oxygen atoms in total. The average molecular weight is 316 g/mol. The van der Waals surface area contributed by atoms with Crippen molar-refractivity contribution in [1.82, 2.24) is 15.1 Å². The number of piperazine rings is 1. The lowest BCUT2D eigenvalue weighted by molar-refractivity contribution is -0.132. The fourth-order valence-electron chi connectivity index (χ4n) is 2.40. The molecule has 1 aliphatic heterocycles. The van der Waals surface area contributed by atoms with E-state index in [1.807, 2.05) is 23.8 Å². The maximum Gasteiger partial charge on any atom is 0.236 e. The van der Waals surface area contributed by atoms with Gasteiger partial charge in [-0.15, -0.1) is 12.4 Å². The summed E-state index contributed by atoms with van der Waals surface area (Å²) in [6.45, 7) is 6.17. The summed E-state index contributed by atoms with van der Waals surface area (Å²) < 4.78 is 13.3. The molecule has 0 spiro atoms. The third-order valence-corrected chi connectivity index (χ3v) is 3.63. The van der Waals surface area contributed by atoms with E-state index >= 15 is 0 Å². The Balaban J connectivity index is 0.00000220. The summed E-state index contributed by atoms with van der Waals surface area (Å²) in [6, 6.07) is 4.78. The Labute approximate surface area is 131 Å². The normalized spacial score (nSPS) is 15.0. The highest BCUT2D eigenvalue weighted by atomic mass is 35.5. The maximum absolute atomic E-state index is 13.3. The molecule has 6 heteroatoms. The van der Waals surface area contributed by atoms with Crippen molar-refractivity contribution in [2.75, 3.05) is 39.8 Å². The number of benzene rings is 1. The Morgan fingerprint density at radius 2 is 2.05 bits per heavy atom. The summed E-state index contributed by atoms with van der Waals surface area (Å²) in [4.78, 5) is 16.0. The fourth-order valence-corrected chi connectivity index (χ4v) is 2.40. The molecular formula is C15H23ClFN3O. The predicted octanol–water partition coefficient (Wildman–Crippen LogP) is 1.42. The molecule has 0 saturated carbocycles. The first-order chi connectivity index (χ1) is 9.56. The van der Waals surface area contributed by atoms with Crippen molar-refractivity contribution in [2.24, 2.45) is 0 Å². The van der Waals surface area contributed by atoms with Crippen LogP contribution in [0.1, 0.15) is 11.1 Å². The van der Waals surface area contributed by atoms with Crippen LogP contribution in [0, 0.1) is 12.7 Å². The highest BCUT2D eigenvalue weighted by Gasteiger charge is 2.17. The molecule has 1 amide bonds. The fraction of sp³-hybridized carbons (Fsp3) is 0.533. The van der Waals surface area contributed by atoms with E-state index in [1.54, 1.807) is 12.1 Å². The molecule has 2 rings (SSSR count). The van der Waals surface area contributed by atoms with E-state index in [1.165, 1.54) is 6.07 Å². The molecule has 0 aliphatic carbocycles. The molecule has 1 aromatic rings. The molecule has 0 unspecified atom stereocenters. The molecule has 1 heterocycles. The summed E-state index contributed by atoms with van der Waals surface area (Å²) in [6.07, 6.45) is 0. The van der Waals surface area contributed by atoms with Crippen LogP contribution in [0.3, 0.4) is 0 Å². The summed E-state index contributed by atoms with van der Waals surface area (Å²) in [5.41, 5.74) is 1.98. The Hall–Kier alpha value is -1.17. The Morgan fingerprint density at radius 1 is 1.38 bits per heavy atom. The van der Waals surface area contributed by atoms with E-state index < -0.39 is 0 Å². The monoisotopic (exact) mass is 315 g/mol. The number of aryl methyl sites for hydroxylation is 1. The van der Waals surface area contributed by atoms with E-state index in [2.05, 4.69) is 5.32 Å². The van der Waals surface area contributed by atoms with Gasteiger partial charge in [0.15, 0.2) is 0 Å². The third-order valence-electron chi connectivity index (χ3n) is 3.63. The molecule has 1 saturated heterocycles. The van der Waals surface area contributed by atoms with Crippen LogP contribution in [0.4, 0.5) is 4.39 Å². The lowest BCUT2D eigenvalue weighted by Crippen LogP contribution is -2.49. The van der Waals surface area contributed by atoms with E-state index in [0.29, 0.717) is 13.1 Å². The number of amides is 1. The van der Waals surface area contributed by atoms with Gasteiger partial charge < -0.3 is 10.2 Å². The van der Waals surface area contributed by atoms with Crippen molar-refractivity contribution < 1.29 is 9.18 Å². The predicted molar refractivity (Wildman–Crippen MR) is 84.2 cm³/mol. The SMILES string of the molecule is Cc1ccc(F)cc1CN(C)CC(=O)N1CCNCC1.Cl. The number of nitrogens with one attached hydrogen (secondary N) is 1. The van der Waals surface area contributed by atoms with Crippen molar-refractivity contribution in [2.45, 2.75) is 13.5 Å². The lowest BCUT2D eigenvalue weighted by Gasteiger charge is -2.29. The van der Waals surface area contributed by atoms with Gasteiger partial charge >= 0.3 is 0 Å². The van der Waals surface area contributed by atoms with Crippen molar-refractivity contribution in [1.29, 1.82) is 0 Å². The molecule has 1 aliphatic rings. The number of rotatable bonds is 4. The number of halogens is 2. The van der Waals surface area contributed by atoms with E-state index in [-0.39, 0.29) is 24.1 Å².